The number of methoxy groups -OCH3 is 1. The summed E-state index contributed by atoms with van der Waals surface area (Å²) in [7, 11) is 3.37. The van der Waals surface area contributed by atoms with Crippen molar-refractivity contribution in [2.75, 3.05) is 7.11 Å². The van der Waals surface area contributed by atoms with Gasteiger partial charge in [-0.25, -0.2) is 11.2 Å². The first kappa shape index (κ1) is 21.8. The fraction of sp³-hybridized carbons (Fsp3) is 0.105. The van der Waals surface area contributed by atoms with Gasteiger partial charge >= 0.3 is 0 Å². The van der Waals surface area contributed by atoms with Crippen molar-refractivity contribution in [1.82, 2.24) is 19.7 Å². The van der Waals surface area contributed by atoms with Crippen LogP contribution in [0.25, 0.3) is 22.6 Å². The molecule has 0 saturated carbocycles. The van der Waals surface area contributed by atoms with E-state index >= 15 is 0 Å². The van der Waals surface area contributed by atoms with E-state index < -0.39 is 11.6 Å². The molecular formula is C19H14F2IrN4OS-2. The summed E-state index contributed by atoms with van der Waals surface area (Å²) in [5.41, 5.74) is 3.99. The van der Waals surface area contributed by atoms with E-state index in [9.17, 15) is 8.78 Å². The number of ether oxygens (including phenoxy) is 1. The van der Waals surface area contributed by atoms with Crippen LogP contribution in [0.2, 0.25) is 0 Å². The Morgan fingerprint density at radius 3 is 2.57 bits per heavy atom. The van der Waals surface area contributed by atoms with Crippen LogP contribution in [0.1, 0.15) is 0 Å². The van der Waals surface area contributed by atoms with Crippen LogP contribution < -0.4 is 4.74 Å². The SMILES string of the molecule is COc1ccnc(-c2[c-]cc(F)cc2F)c1.Cn1c[c-]c(-c2cscn2)n1.[Ir]. The third kappa shape index (κ3) is 5.51. The van der Waals surface area contributed by atoms with Crippen LogP contribution in [0.4, 0.5) is 8.78 Å². The molecule has 1 radical (unpaired) electrons. The molecule has 147 valence electrons. The van der Waals surface area contributed by atoms with E-state index in [0.29, 0.717) is 11.4 Å². The van der Waals surface area contributed by atoms with Gasteiger partial charge in [0, 0.05) is 45.0 Å². The molecule has 0 N–H and O–H groups in total. The Bertz CT molecular complexity index is 1020. The number of pyridine rings is 1. The number of hydrogen-bond donors (Lipinski definition) is 0. The zero-order chi connectivity index (χ0) is 19.2. The van der Waals surface area contributed by atoms with Crippen LogP contribution in [-0.2, 0) is 27.2 Å². The number of halogens is 2. The number of thiazole rings is 1. The van der Waals surface area contributed by atoms with Crippen LogP contribution in [0.15, 0.2) is 47.5 Å². The van der Waals surface area contributed by atoms with Gasteiger partial charge in [0.05, 0.1) is 12.6 Å². The van der Waals surface area contributed by atoms with Crippen molar-refractivity contribution in [3.63, 3.8) is 0 Å². The molecule has 0 aliphatic carbocycles. The molecule has 4 aromatic rings. The van der Waals surface area contributed by atoms with Crippen LogP contribution in [0, 0.1) is 23.8 Å². The van der Waals surface area contributed by atoms with E-state index in [4.69, 9.17) is 4.74 Å². The molecule has 3 aromatic heterocycles. The van der Waals surface area contributed by atoms with E-state index in [1.165, 1.54) is 13.3 Å². The van der Waals surface area contributed by atoms with Crippen molar-refractivity contribution in [1.29, 1.82) is 0 Å². The number of rotatable bonds is 3. The molecule has 0 unspecified atom stereocenters. The molecule has 28 heavy (non-hydrogen) atoms. The molecule has 0 amide bonds. The molecule has 3 heterocycles. The van der Waals surface area contributed by atoms with E-state index in [0.717, 1.165) is 23.5 Å². The van der Waals surface area contributed by atoms with E-state index in [1.807, 2.05) is 12.4 Å². The van der Waals surface area contributed by atoms with Crippen molar-refractivity contribution < 1.29 is 33.6 Å². The third-order valence-corrected chi connectivity index (χ3v) is 3.99. The Hall–Kier alpha value is -2.48. The predicted octanol–water partition coefficient (Wildman–Crippen LogP) is 4.18. The zero-order valence-corrected chi connectivity index (χ0v) is 18.0. The molecule has 0 aliphatic heterocycles. The molecule has 0 bridgehead atoms. The Morgan fingerprint density at radius 2 is 1.96 bits per heavy atom. The van der Waals surface area contributed by atoms with Crippen molar-refractivity contribution >= 4 is 11.3 Å². The summed E-state index contributed by atoms with van der Waals surface area (Å²) in [6.45, 7) is 0. The number of benzene rings is 1. The van der Waals surface area contributed by atoms with E-state index in [2.05, 4.69) is 27.2 Å². The number of nitrogens with zero attached hydrogens (tertiary/aromatic N) is 4. The molecule has 5 nitrogen and oxygen atoms in total. The van der Waals surface area contributed by atoms with Gasteiger partial charge < -0.3 is 14.7 Å². The molecule has 1 aromatic carbocycles. The minimum absolute atomic E-state index is 0. The van der Waals surface area contributed by atoms with Crippen molar-refractivity contribution in [3.8, 4) is 28.4 Å². The summed E-state index contributed by atoms with van der Waals surface area (Å²) in [6.07, 6.45) is 3.28. The first-order valence-corrected chi connectivity index (χ1v) is 8.68. The number of aromatic nitrogens is 4. The molecule has 9 heteroatoms. The summed E-state index contributed by atoms with van der Waals surface area (Å²) in [4.78, 5) is 8.09. The van der Waals surface area contributed by atoms with Gasteiger partial charge in [-0.2, -0.15) is 11.3 Å². The van der Waals surface area contributed by atoms with Gasteiger partial charge in [0.2, 0.25) is 0 Å². The largest absolute Gasteiger partial charge is 0.497 e. The average Bonchev–Trinajstić information content (AvgIpc) is 3.34. The third-order valence-electron chi connectivity index (χ3n) is 3.40. The Kier molecular flexibility index (Phi) is 7.92. The molecular weight excluding hydrogens is 563 g/mol. The second-order valence-corrected chi connectivity index (χ2v) is 6.01. The molecule has 4 rings (SSSR count). The van der Waals surface area contributed by atoms with Gasteiger partial charge in [0.15, 0.2) is 0 Å². The minimum Gasteiger partial charge on any atom is -0.497 e. The second-order valence-electron chi connectivity index (χ2n) is 5.29. The van der Waals surface area contributed by atoms with Crippen molar-refractivity contribution in [2.24, 2.45) is 7.05 Å². The zero-order valence-electron chi connectivity index (χ0n) is 14.8. The second kappa shape index (κ2) is 10.2. The maximum Gasteiger partial charge on any atom is 0.113 e. The molecule has 0 fully saturated rings. The topological polar surface area (TPSA) is 52.8 Å². The number of aryl methyl sites for hydroxylation is 1. The fourth-order valence-corrected chi connectivity index (χ4v) is 2.68. The van der Waals surface area contributed by atoms with Crippen LogP contribution in [0.5, 0.6) is 5.75 Å². The molecule has 0 atom stereocenters. The van der Waals surface area contributed by atoms with Gasteiger partial charge in [0.1, 0.15) is 5.75 Å². The monoisotopic (exact) mass is 577 g/mol. The maximum atomic E-state index is 13.4. The first-order chi connectivity index (χ1) is 13.1. The van der Waals surface area contributed by atoms with Crippen LogP contribution in [-0.4, -0.2) is 26.9 Å². The summed E-state index contributed by atoms with van der Waals surface area (Å²) >= 11 is 1.56. The average molecular weight is 577 g/mol. The van der Waals surface area contributed by atoms with Gasteiger partial charge in [-0.15, -0.1) is 12.1 Å². The summed E-state index contributed by atoms with van der Waals surface area (Å²) in [6, 6.07) is 10.6. The first-order valence-electron chi connectivity index (χ1n) is 7.74. The molecule has 0 spiro atoms. The summed E-state index contributed by atoms with van der Waals surface area (Å²) < 4.78 is 32.8. The predicted molar refractivity (Wildman–Crippen MR) is 98.1 cm³/mol. The van der Waals surface area contributed by atoms with Gasteiger partial charge in [-0.05, 0) is 17.8 Å². The van der Waals surface area contributed by atoms with Crippen LogP contribution in [0.3, 0.4) is 0 Å². The Balaban J connectivity index is 0.000000205. The maximum absolute atomic E-state index is 13.4. The molecule has 0 saturated heterocycles. The van der Waals surface area contributed by atoms with E-state index in [-0.39, 0.29) is 25.7 Å². The summed E-state index contributed by atoms with van der Waals surface area (Å²) in [5, 5.41) is 6.12. The number of hydrogen-bond acceptors (Lipinski definition) is 5. The van der Waals surface area contributed by atoms with E-state index in [1.54, 1.807) is 39.9 Å². The van der Waals surface area contributed by atoms with Crippen molar-refractivity contribution in [2.45, 2.75) is 0 Å². The quantitative estimate of drug-likeness (QED) is 0.344. The normalized spacial score (nSPS) is 9.86. The summed E-state index contributed by atoms with van der Waals surface area (Å²) in [5.74, 6) is -0.799. The molecule has 0 aliphatic rings. The van der Waals surface area contributed by atoms with Crippen molar-refractivity contribution in [3.05, 3.63) is 71.3 Å². The Labute approximate surface area is 178 Å². The Morgan fingerprint density at radius 1 is 1.14 bits per heavy atom. The minimum atomic E-state index is -0.694. The fourth-order valence-electron chi connectivity index (χ4n) is 2.14. The van der Waals surface area contributed by atoms with Gasteiger partial charge in [-0.1, -0.05) is 34.6 Å². The smallest absolute Gasteiger partial charge is 0.113 e. The van der Waals surface area contributed by atoms with Crippen LogP contribution >= 0.6 is 11.3 Å². The standard InChI is InChI=1S/C12H8F2NO.C7H6N3S.Ir/c1-16-9-4-5-15-12(7-9)10-3-2-8(13)6-11(10)14;1-10-3-2-6(9-10)7-4-11-5-8-7;/h2,4-7H,1H3;3-5H,1H3;/q2*-1;. The van der Waals surface area contributed by atoms with Gasteiger partial charge in [-0.3, -0.25) is 13.5 Å². The van der Waals surface area contributed by atoms with Gasteiger partial charge in [0.25, 0.3) is 0 Å².